The van der Waals surface area contributed by atoms with Gasteiger partial charge in [0, 0.05) is 14.1 Å². The molecular formula is C17H21NO2. The standard InChI is InChI=1S/C17H21NO2/c1-18(2)17(19)12-14-8-10-16(11-9-14)20-13-15-6-4-3-5-7-15/h4,6-11H,3,5,12-13H2,1-2H3. The molecule has 1 aromatic rings. The molecule has 1 aliphatic carbocycles. The highest BCUT2D eigenvalue weighted by molar-refractivity contribution is 5.78. The first-order valence-corrected chi connectivity index (χ1v) is 6.92. The zero-order chi connectivity index (χ0) is 14.4. The molecule has 0 saturated carbocycles. The van der Waals surface area contributed by atoms with Crippen molar-refractivity contribution >= 4 is 5.91 Å². The maximum Gasteiger partial charge on any atom is 0.226 e. The fourth-order valence-electron chi connectivity index (χ4n) is 1.98. The Labute approximate surface area is 120 Å². The van der Waals surface area contributed by atoms with Crippen LogP contribution in [0.15, 0.2) is 48.1 Å². The zero-order valence-corrected chi connectivity index (χ0v) is 12.1. The van der Waals surface area contributed by atoms with E-state index in [1.54, 1.807) is 19.0 Å². The van der Waals surface area contributed by atoms with Crippen LogP contribution in [0.3, 0.4) is 0 Å². The molecule has 3 heteroatoms. The van der Waals surface area contributed by atoms with Crippen LogP contribution >= 0.6 is 0 Å². The van der Waals surface area contributed by atoms with Crippen molar-refractivity contribution in [2.24, 2.45) is 0 Å². The molecule has 0 bridgehead atoms. The lowest BCUT2D eigenvalue weighted by molar-refractivity contribution is -0.127. The Bertz CT molecular complexity index is 512. The molecule has 0 unspecified atom stereocenters. The predicted molar refractivity (Wildman–Crippen MR) is 80.8 cm³/mol. The Morgan fingerprint density at radius 2 is 1.95 bits per heavy atom. The third-order valence-electron chi connectivity index (χ3n) is 3.25. The zero-order valence-electron chi connectivity index (χ0n) is 12.1. The molecule has 0 saturated heterocycles. The van der Waals surface area contributed by atoms with Gasteiger partial charge in [-0.3, -0.25) is 4.79 Å². The SMILES string of the molecule is CN(C)C(=O)Cc1ccc(OCC2=CCCC=C2)cc1. The van der Waals surface area contributed by atoms with Crippen molar-refractivity contribution in [3.8, 4) is 5.75 Å². The van der Waals surface area contributed by atoms with Crippen molar-refractivity contribution in [3.05, 3.63) is 53.6 Å². The molecule has 0 heterocycles. The summed E-state index contributed by atoms with van der Waals surface area (Å²) >= 11 is 0. The number of carbonyl (C=O) groups is 1. The van der Waals surface area contributed by atoms with E-state index in [9.17, 15) is 4.79 Å². The summed E-state index contributed by atoms with van der Waals surface area (Å²) in [6.07, 6.45) is 9.16. The van der Waals surface area contributed by atoms with Crippen molar-refractivity contribution in [2.45, 2.75) is 19.3 Å². The second-order valence-electron chi connectivity index (χ2n) is 5.16. The molecule has 20 heavy (non-hydrogen) atoms. The summed E-state index contributed by atoms with van der Waals surface area (Å²) in [5, 5.41) is 0. The third-order valence-corrected chi connectivity index (χ3v) is 3.25. The highest BCUT2D eigenvalue weighted by atomic mass is 16.5. The number of ether oxygens (including phenoxy) is 1. The minimum Gasteiger partial charge on any atom is -0.489 e. The predicted octanol–water partition coefficient (Wildman–Crippen LogP) is 2.97. The number of nitrogens with zero attached hydrogens (tertiary/aromatic N) is 1. The summed E-state index contributed by atoms with van der Waals surface area (Å²) < 4.78 is 5.74. The maximum absolute atomic E-state index is 11.6. The van der Waals surface area contributed by atoms with Crippen LogP contribution in [-0.4, -0.2) is 31.5 Å². The van der Waals surface area contributed by atoms with Gasteiger partial charge < -0.3 is 9.64 Å². The van der Waals surface area contributed by atoms with E-state index in [-0.39, 0.29) is 5.91 Å². The number of amides is 1. The van der Waals surface area contributed by atoms with Crippen molar-refractivity contribution in [1.82, 2.24) is 4.90 Å². The first-order chi connectivity index (χ1) is 9.65. The minimum atomic E-state index is 0.108. The third kappa shape index (κ3) is 4.26. The van der Waals surface area contributed by atoms with E-state index in [0.29, 0.717) is 13.0 Å². The Balaban J connectivity index is 1.86. The van der Waals surface area contributed by atoms with Crippen LogP contribution in [0, 0.1) is 0 Å². The highest BCUT2D eigenvalue weighted by Gasteiger charge is 2.05. The van der Waals surface area contributed by atoms with E-state index in [0.717, 1.165) is 24.2 Å². The van der Waals surface area contributed by atoms with E-state index in [2.05, 4.69) is 18.2 Å². The van der Waals surface area contributed by atoms with Gasteiger partial charge in [-0.2, -0.15) is 0 Å². The number of likely N-dealkylation sites (N-methyl/N-ethyl adjacent to an activating group) is 1. The van der Waals surface area contributed by atoms with Crippen LogP contribution in [0.25, 0.3) is 0 Å². The number of carbonyl (C=O) groups excluding carboxylic acids is 1. The fourth-order valence-corrected chi connectivity index (χ4v) is 1.98. The molecule has 1 amide bonds. The van der Waals surface area contributed by atoms with Crippen LogP contribution in [-0.2, 0) is 11.2 Å². The van der Waals surface area contributed by atoms with Crippen molar-refractivity contribution in [3.63, 3.8) is 0 Å². The normalized spacial score (nSPS) is 13.8. The van der Waals surface area contributed by atoms with E-state index >= 15 is 0 Å². The quantitative estimate of drug-likeness (QED) is 0.824. The van der Waals surface area contributed by atoms with E-state index in [4.69, 9.17) is 4.74 Å². The van der Waals surface area contributed by atoms with Gasteiger partial charge in [0.2, 0.25) is 5.91 Å². The van der Waals surface area contributed by atoms with Crippen LogP contribution in [0.1, 0.15) is 18.4 Å². The number of allylic oxidation sites excluding steroid dienone is 2. The summed E-state index contributed by atoms with van der Waals surface area (Å²) in [5.41, 5.74) is 2.23. The molecule has 0 aromatic heterocycles. The maximum atomic E-state index is 11.6. The van der Waals surface area contributed by atoms with E-state index in [1.807, 2.05) is 24.3 Å². The first kappa shape index (κ1) is 14.4. The molecule has 0 fully saturated rings. The Morgan fingerprint density at radius 3 is 2.55 bits per heavy atom. The van der Waals surface area contributed by atoms with Gasteiger partial charge >= 0.3 is 0 Å². The summed E-state index contributed by atoms with van der Waals surface area (Å²) in [6.45, 7) is 0.604. The van der Waals surface area contributed by atoms with Gasteiger partial charge in [-0.05, 0) is 36.1 Å². The first-order valence-electron chi connectivity index (χ1n) is 6.92. The lowest BCUT2D eigenvalue weighted by Gasteiger charge is -2.11. The lowest BCUT2D eigenvalue weighted by Crippen LogP contribution is -2.23. The van der Waals surface area contributed by atoms with Gasteiger partial charge in [-0.25, -0.2) is 0 Å². The van der Waals surface area contributed by atoms with Crippen LogP contribution in [0.5, 0.6) is 5.75 Å². The molecule has 2 rings (SSSR count). The summed E-state index contributed by atoms with van der Waals surface area (Å²) in [4.78, 5) is 13.2. The van der Waals surface area contributed by atoms with Crippen LogP contribution in [0.4, 0.5) is 0 Å². The molecule has 0 spiro atoms. The average Bonchev–Trinajstić information content (AvgIpc) is 2.47. The lowest BCUT2D eigenvalue weighted by atomic mass is 10.1. The van der Waals surface area contributed by atoms with Gasteiger partial charge in [0.1, 0.15) is 12.4 Å². The van der Waals surface area contributed by atoms with E-state index < -0.39 is 0 Å². The van der Waals surface area contributed by atoms with Gasteiger partial charge in [-0.15, -0.1) is 0 Å². The average molecular weight is 271 g/mol. The fraction of sp³-hybridized carbons (Fsp3) is 0.353. The molecule has 1 aliphatic rings. The summed E-state index contributed by atoms with van der Waals surface area (Å²) in [6, 6.07) is 7.74. The minimum absolute atomic E-state index is 0.108. The molecule has 0 radical (unpaired) electrons. The molecule has 1 aromatic carbocycles. The number of benzene rings is 1. The van der Waals surface area contributed by atoms with Crippen molar-refractivity contribution in [1.29, 1.82) is 0 Å². The molecule has 0 aliphatic heterocycles. The molecule has 106 valence electrons. The number of hydrogen-bond donors (Lipinski definition) is 0. The summed E-state index contributed by atoms with van der Waals surface area (Å²) in [5.74, 6) is 0.946. The largest absolute Gasteiger partial charge is 0.489 e. The second-order valence-corrected chi connectivity index (χ2v) is 5.16. The number of hydrogen-bond acceptors (Lipinski definition) is 2. The monoisotopic (exact) mass is 271 g/mol. The molecular weight excluding hydrogens is 250 g/mol. The molecule has 0 N–H and O–H groups in total. The van der Waals surface area contributed by atoms with Crippen molar-refractivity contribution in [2.75, 3.05) is 20.7 Å². The number of rotatable bonds is 5. The van der Waals surface area contributed by atoms with Crippen LogP contribution < -0.4 is 4.74 Å². The summed E-state index contributed by atoms with van der Waals surface area (Å²) in [7, 11) is 3.54. The van der Waals surface area contributed by atoms with E-state index in [1.165, 1.54) is 5.57 Å². The van der Waals surface area contributed by atoms with Crippen molar-refractivity contribution < 1.29 is 9.53 Å². The molecule has 0 atom stereocenters. The smallest absolute Gasteiger partial charge is 0.226 e. The second kappa shape index (κ2) is 6.94. The van der Waals surface area contributed by atoms with Gasteiger partial charge in [0.15, 0.2) is 0 Å². The van der Waals surface area contributed by atoms with Gasteiger partial charge in [0.25, 0.3) is 0 Å². The highest BCUT2D eigenvalue weighted by Crippen LogP contribution is 2.16. The van der Waals surface area contributed by atoms with Gasteiger partial charge in [-0.1, -0.05) is 30.4 Å². The van der Waals surface area contributed by atoms with Gasteiger partial charge in [0.05, 0.1) is 6.42 Å². The molecule has 3 nitrogen and oxygen atoms in total. The Kier molecular flexibility index (Phi) is 4.99. The Hall–Kier alpha value is -2.03. The van der Waals surface area contributed by atoms with Crippen LogP contribution in [0.2, 0.25) is 0 Å². The Morgan fingerprint density at radius 1 is 1.20 bits per heavy atom. The topological polar surface area (TPSA) is 29.5 Å².